The summed E-state index contributed by atoms with van der Waals surface area (Å²) in [5.74, 6) is -0.849. The topological polar surface area (TPSA) is 98.7 Å². The monoisotopic (exact) mass is 260 g/mol. The smallest absolute Gasteiger partial charge is 0.337 e. The first-order valence-electron chi connectivity index (χ1n) is 6.19. The molecule has 0 heterocycles. The molecule has 0 saturated carbocycles. The van der Waals surface area contributed by atoms with Gasteiger partial charge in [0.05, 0.1) is 6.54 Å². The molecule has 0 spiro atoms. The van der Waals surface area contributed by atoms with Crippen molar-refractivity contribution in [1.29, 1.82) is 0 Å². The summed E-state index contributed by atoms with van der Waals surface area (Å²) in [7, 11) is 0. The fourth-order valence-corrected chi connectivity index (χ4v) is 1.43. The highest BCUT2D eigenvalue weighted by Crippen LogP contribution is 2.09. The van der Waals surface area contributed by atoms with Gasteiger partial charge in [-0.05, 0) is 26.2 Å². The Morgan fingerprint density at radius 3 is 2.33 bits per heavy atom. The third-order valence-corrected chi connectivity index (χ3v) is 2.88. The van der Waals surface area contributed by atoms with Crippen molar-refractivity contribution in [1.82, 2.24) is 10.6 Å². The van der Waals surface area contributed by atoms with Gasteiger partial charge in [-0.2, -0.15) is 0 Å². The van der Waals surface area contributed by atoms with Crippen molar-refractivity contribution in [3.63, 3.8) is 0 Å². The summed E-state index contributed by atoms with van der Waals surface area (Å²) in [5.41, 5.74) is -1.95. The first-order valence-corrected chi connectivity index (χ1v) is 6.19. The maximum absolute atomic E-state index is 11.5. The number of carboxylic acid groups (broad SMARTS) is 1. The van der Waals surface area contributed by atoms with Crippen LogP contribution in [0.25, 0.3) is 0 Å². The lowest BCUT2D eigenvalue weighted by atomic mass is 10.0. The maximum Gasteiger partial charge on any atom is 0.337 e. The highest BCUT2D eigenvalue weighted by Gasteiger charge is 2.30. The van der Waals surface area contributed by atoms with Gasteiger partial charge in [0, 0.05) is 6.04 Å². The zero-order valence-electron chi connectivity index (χ0n) is 11.5. The van der Waals surface area contributed by atoms with Crippen LogP contribution in [0.1, 0.15) is 40.5 Å². The minimum atomic E-state index is -1.95. The number of amides is 2. The van der Waals surface area contributed by atoms with E-state index in [1.807, 2.05) is 6.92 Å². The number of carbonyl (C=O) groups excluding carboxylic acids is 1. The Labute approximate surface area is 108 Å². The van der Waals surface area contributed by atoms with Crippen molar-refractivity contribution < 1.29 is 19.8 Å². The zero-order chi connectivity index (χ0) is 14.3. The molecule has 0 aliphatic rings. The van der Waals surface area contributed by atoms with Crippen LogP contribution in [0.15, 0.2) is 0 Å². The molecule has 0 aliphatic carbocycles. The number of aliphatic hydroxyl groups is 1. The average molecular weight is 260 g/mol. The van der Waals surface area contributed by atoms with Crippen molar-refractivity contribution in [3.8, 4) is 0 Å². The summed E-state index contributed by atoms with van der Waals surface area (Å²) in [6.45, 7) is 6.89. The number of urea groups is 1. The van der Waals surface area contributed by atoms with Crippen LogP contribution in [0.4, 0.5) is 4.79 Å². The van der Waals surface area contributed by atoms with Crippen LogP contribution in [0, 0.1) is 5.92 Å². The van der Waals surface area contributed by atoms with Crippen LogP contribution in [-0.2, 0) is 4.79 Å². The zero-order valence-corrected chi connectivity index (χ0v) is 11.5. The SMILES string of the molecule is CCC(C)CC(C)NC(=O)NCC(C)(O)C(=O)O. The Balaban J connectivity index is 4.01. The lowest BCUT2D eigenvalue weighted by Crippen LogP contribution is -2.50. The number of rotatable bonds is 7. The Hall–Kier alpha value is -1.30. The molecule has 0 saturated heterocycles. The van der Waals surface area contributed by atoms with Gasteiger partial charge in [-0.15, -0.1) is 0 Å². The Morgan fingerprint density at radius 2 is 1.89 bits per heavy atom. The number of hydrogen-bond acceptors (Lipinski definition) is 3. The fraction of sp³-hybridized carbons (Fsp3) is 0.833. The first kappa shape index (κ1) is 16.7. The summed E-state index contributed by atoms with van der Waals surface area (Å²) in [6.07, 6.45) is 1.90. The van der Waals surface area contributed by atoms with Crippen molar-refractivity contribution in [2.75, 3.05) is 6.54 Å². The van der Waals surface area contributed by atoms with Gasteiger partial charge in [-0.1, -0.05) is 20.3 Å². The lowest BCUT2D eigenvalue weighted by Gasteiger charge is -2.21. The van der Waals surface area contributed by atoms with Gasteiger partial charge < -0.3 is 20.8 Å². The molecule has 0 aromatic carbocycles. The van der Waals surface area contributed by atoms with E-state index in [-0.39, 0.29) is 12.6 Å². The molecule has 2 amide bonds. The molecular formula is C12H24N2O4. The van der Waals surface area contributed by atoms with E-state index in [9.17, 15) is 14.7 Å². The van der Waals surface area contributed by atoms with Crippen LogP contribution in [-0.4, -0.2) is 40.4 Å². The second kappa shape index (κ2) is 7.20. The predicted molar refractivity (Wildman–Crippen MR) is 68.3 cm³/mol. The average Bonchev–Trinajstić information content (AvgIpc) is 2.25. The largest absolute Gasteiger partial charge is 0.479 e. The number of hydrogen-bond donors (Lipinski definition) is 4. The second-order valence-corrected chi connectivity index (χ2v) is 5.06. The highest BCUT2D eigenvalue weighted by molar-refractivity contribution is 5.79. The first-order chi connectivity index (χ1) is 8.19. The van der Waals surface area contributed by atoms with E-state index in [0.29, 0.717) is 5.92 Å². The van der Waals surface area contributed by atoms with Crippen molar-refractivity contribution >= 4 is 12.0 Å². The van der Waals surface area contributed by atoms with E-state index in [2.05, 4.69) is 24.5 Å². The van der Waals surface area contributed by atoms with Gasteiger partial charge in [-0.3, -0.25) is 0 Å². The van der Waals surface area contributed by atoms with Gasteiger partial charge in [0.2, 0.25) is 0 Å². The van der Waals surface area contributed by atoms with Gasteiger partial charge in [-0.25, -0.2) is 9.59 Å². The van der Waals surface area contributed by atoms with Gasteiger partial charge in [0.25, 0.3) is 0 Å². The number of aliphatic carboxylic acids is 1. The maximum atomic E-state index is 11.5. The lowest BCUT2D eigenvalue weighted by molar-refractivity contribution is -0.155. The quantitative estimate of drug-likeness (QED) is 0.547. The van der Waals surface area contributed by atoms with Gasteiger partial charge in [0.15, 0.2) is 5.60 Å². The van der Waals surface area contributed by atoms with Crippen molar-refractivity contribution in [2.24, 2.45) is 5.92 Å². The molecule has 3 unspecified atom stereocenters. The van der Waals surface area contributed by atoms with E-state index in [1.165, 1.54) is 0 Å². The predicted octanol–water partition coefficient (Wildman–Crippen LogP) is 0.946. The van der Waals surface area contributed by atoms with Crippen molar-refractivity contribution in [2.45, 2.75) is 52.2 Å². The van der Waals surface area contributed by atoms with Crippen LogP contribution in [0.5, 0.6) is 0 Å². The molecule has 0 fully saturated rings. The van der Waals surface area contributed by atoms with Crippen molar-refractivity contribution in [3.05, 3.63) is 0 Å². The number of nitrogens with one attached hydrogen (secondary N) is 2. The molecule has 18 heavy (non-hydrogen) atoms. The molecular weight excluding hydrogens is 236 g/mol. The Kier molecular flexibility index (Phi) is 6.68. The Bertz CT molecular complexity index is 292. The number of carbonyl (C=O) groups is 2. The molecule has 6 nitrogen and oxygen atoms in total. The summed E-state index contributed by atoms with van der Waals surface area (Å²) >= 11 is 0. The minimum Gasteiger partial charge on any atom is -0.479 e. The fourth-order valence-electron chi connectivity index (χ4n) is 1.43. The minimum absolute atomic E-state index is 0.00901. The van der Waals surface area contributed by atoms with E-state index < -0.39 is 17.6 Å². The molecule has 0 aromatic rings. The van der Waals surface area contributed by atoms with E-state index in [0.717, 1.165) is 19.8 Å². The van der Waals surface area contributed by atoms with Crippen LogP contribution in [0.2, 0.25) is 0 Å². The molecule has 0 rings (SSSR count). The van der Waals surface area contributed by atoms with E-state index in [1.54, 1.807) is 0 Å². The van der Waals surface area contributed by atoms with Gasteiger partial charge in [0.1, 0.15) is 0 Å². The molecule has 106 valence electrons. The highest BCUT2D eigenvalue weighted by atomic mass is 16.4. The summed E-state index contributed by atoms with van der Waals surface area (Å²) in [4.78, 5) is 22.1. The Morgan fingerprint density at radius 1 is 1.33 bits per heavy atom. The van der Waals surface area contributed by atoms with Crippen LogP contribution >= 0.6 is 0 Å². The summed E-state index contributed by atoms with van der Waals surface area (Å²) < 4.78 is 0. The van der Waals surface area contributed by atoms with Crippen LogP contribution in [0.3, 0.4) is 0 Å². The van der Waals surface area contributed by atoms with Crippen LogP contribution < -0.4 is 10.6 Å². The molecule has 0 radical (unpaired) electrons. The van der Waals surface area contributed by atoms with E-state index >= 15 is 0 Å². The third-order valence-electron chi connectivity index (χ3n) is 2.88. The molecule has 0 bridgehead atoms. The molecule has 0 aliphatic heterocycles. The standard InChI is InChI=1S/C12H24N2O4/c1-5-8(2)6-9(3)14-11(17)13-7-12(4,18)10(15)16/h8-9,18H,5-7H2,1-4H3,(H,15,16)(H2,13,14,17). The molecule has 0 aromatic heterocycles. The summed E-state index contributed by atoms with van der Waals surface area (Å²) in [5, 5.41) is 23.1. The number of carboxylic acids is 1. The van der Waals surface area contributed by atoms with Gasteiger partial charge >= 0.3 is 12.0 Å². The molecule has 3 atom stereocenters. The normalized spacial score (nSPS) is 17.4. The summed E-state index contributed by atoms with van der Waals surface area (Å²) in [6, 6.07) is -0.456. The van der Waals surface area contributed by atoms with E-state index in [4.69, 9.17) is 5.11 Å². The third kappa shape index (κ3) is 6.44. The molecule has 4 N–H and O–H groups in total. The molecule has 6 heteroatoms. The second-order valence-electron chi connectivity index (χ2n) is 5.06.